The van der Waals surface area contributed by atoms with Gasteiger partial charge in [-0.15, -0.1) is 0 Å². The van der Waals surface area contributed by atoms with Crippen LogP contribution in [0.4, 0.5) is 0 Å². The van der Waals surface area contributed by atoms with E-state index in [1.807, 2.05) is 0 Å². The van der Waals surface area contributed by atoms with E-state index < -0.39 is 17.9 Å². The van der Waals surface area contributed by atoms with Crippen LogP contribution in [-0.4, -0.2) is 29.3 Å². The first-order valence-electron chi connectivity index (χ1n) is 3.98. The van der Waals surface area contributed by atoms with E-state index in [9.17, 15) is 14.4 Å². The van der Waals surface area contributed by atoms with Crippen LogP contribution in [0.1, 0.15) is 27.2 Å². The van der Waals surface area contributed by atoms with Gasteiger partial charge >= 0.3 is 5.97 Å². The van der Waals surface area contributed by atoms with Crippen molar-refractivity contribution in [2.24, 2.45) is 0 Å². The van der Waals surface area contributed by atoms with Gasteiger partial charge in [-0.2, -0.15) is 5.06 Å². The molecule has 0 heterocycles. The molecule has 0 fully saturated rings. The van der Waals surface area contributed by atoms with Gasteiger partial charge in [-0.3, -0.25) is 9.59 Å². The molecule has 0 saturated heterocycles. The lowest BCUT2D eigenvalue weighted by Crippen LogP contribution is -2.40. The highest BCUT2D eigenvalue weighted by Gasteiger charge is 2.21. The third-order valence-electron chi connectivity index (χ3n) is 1.34. The molecule has 0 saturated carbocycles. The number of nitrogens with zero attached hydrogens (tertiary/aromatic N) is 1. The molecule has 1 amide bonds. The monoisotopic (exact) mass is 187 g/mol. The van der Waals surface area contributed by atoms with Crippen LogP contribution in [0.15, 0.2) is 0 Å². The smallest absolute Gasteiger partial charge is 0.329 e. The molecule has 0 spiro atoms. The molecule has 0 aliphatic rings. The Balaban J connectivity index is 4.44. The fraction of sp³-hybridized carbons (Fsp3) is 0.625. The van der Waals surface area contributed by atoms with Crippen LogP contribution in [0.5, 0.6) is 0 Å². The van der Waals surface area contributed by atoms with E-state index in [2.05, 4.69) is 4.84 Å². The maximum atomic E-state index is 11.1. The number of carbonyl (C=O) groups is 3. The highest BCUT2D eigenvalue weighted by Crippen LogP contribution is 2.01. The number of rotatable bonds is 3. The predicted octanol–water partition coefficient (Wildman–Crippen LogP) is 0.290. The quantitative estimate of drug-likeness (QED) is 0.470. The zero-order chi connectivity index (χ0) is 10.4. The summed E-state index contributed by atoms with van der Waals surface area (Å²) in [5.41, 5.74) is 0. The van der Waals surface area contributed by atoms with Gasteiger partial charge in [-0.25, -0.2) is 0 Å². The van der Waals surface area contributed by atoms with E-state index in [0.717, 1.165) is 5.06 Å². The number of aldehydes is 1. The molecule has 0 aliphatic carbocycles. The van der Waals surface area contributed by atoms with Crippen LogP contribution in [0.2, 0.25) is 0 Å². The van der Waals surface area contributed by atoms with E-state index in [-0.39, 0.29) is 6.42 Å². The largest absolute Gasteiger partial charge is 0.338 e. The van der Waals surface area contributed by atoms with E-state index >= 15 is 0 Å². The van der Waals surface area contributed by atoms with Crippen molar-refractivity contribution in [3.8, 4) is 0 Å². The predicted molar refractivity (Wildman–Crippen MR) is 44.4 cm³/mol. The van der Waals surface area contributed by atoms with Crippen molar-refractivity contribution in [3.05, 3.63) is 0 Å². The first-order chi connectivity index (χ1) is 6.02. The third kappa shape index (κ3) is 3.68. The Hall–Kier alpha value is -1.39. The molecule has 5 nitrogen and oxygen atoms in total. The lowest BCUT2D eigenvalue weighted by molar-refractivity contribution is -0.202. The minimum absolute atomic E-state index is 0.186. The Morgan fingerprint density at radius 1 is 1.54 bits per heavy atom. The number of carbonyl (C=O) groups excluding carboxylic acids is 3. The van der Waals surface area contributed by atoms with Gasteiger partial charge in [-0.1, -0.05) is 6.92 Å². The maximum Gasteiger partial charge on any atom is 0.329 e. The fourth-order valence-electron chi connectivity index (χ4n) is 0.711. The summed E-state index contributed by atoms with van der Waals surface area (Å²) in [6, 6.07) is -0.739. The Kier molecular flexibility index (Phi) is 4.72. The molecular weight excluding hydrogens is 174 g/mol. The van der Waals surface area contributed by atoms with E-state index in [1.165, 1.54) is 13.8 Å². The number of hydrogen-bond acceptors (Lipinski definition) is 4. The first kappa shape index (κ1) is 11.6. The summed E-state index contributed by atoms with van der Waals surface area (Å²) in [6.45, 7) is 4.27. The zero-order valence-electron chi connectivity index (χ0n) is 7.94. The van der Waals surface area contributed by atoms with Crippen molar-refractivity contribution in [1.29, 1.82) is 0 Å². The summed E-state index contributed by atoms with van der Waals surface area (Å²) in [6.07, 6.45) is 0.724. The highest BCUT2D eigenvalue weighted by atomic mass is 16.7. The Morgan fingerprint density at radius 2 is 2.08 bits per heavy atom. The van der Waals surface area contributed by atoms with E-state index in [1.54, 1.807) is 6.92 Å². The Bertz CT molecular complexity index is 214. The van der Waals surface area contributed by atoms with Crippen molar-refractivity contribution < 1.29 is 19.2 Å². The molecule has 0 bridgehead atoms. The van der Waals surface area contributed by atoms with Crippen molar-refractivity contribution in [2.75, 3.05) is 0 Å². The molecule has 1 unspecified atom stereocenters. The highest BCUT2D eigenvalue weighted by molar-refractivity contribution is 5.80. The topological polar surface area (TPSA) is 63.7 Å². The molecule has 0 N–H and O–H groups in total. The lowest BCUT2D eigenvalue weighted by atomic mass is 10.3. The van der Waals surface area contributed by atoms with Crippen LogP contribution in [0, 0.1) is 0 Å². The molecule has 0 aliphatic heterocycles. The molecule has 0 radical (unpaired) electrons. The Morgan fingerprint density at radius 3 is 2.38 bits per heavy atom. The van der Waals surface area contributed by atoms with Crippen LogP contribution in [0.25, 0.3) is 0 Å². The van der Waals surface area contributed by atoms with Crippen molar-refractivity contribution in [1.82, 2.24) is 5.06 Å². The molecule has 0 aromatic heterocycles. The molecule has 5 heteroatoms. The van der Waals surface area contributed by atoms with Crippen LogP contribution in [-0.2, 0) is 19.2 Å². The second-order valence-corrected chi connectivity index (χ2v) is 2.53. The van der Waals surface area contributed by atoms with Crippen molar-refractivity contribution >= 4 is 18.2 Å². The third-order valence-corrected chi connectivity index (χ3v) is 1.34. The van der Waals surface area contributed by atoms with Gasteiger partial charge in [0, 0.05) is 13.3 Å². The van der Waals surface area contributed by atoms with Gasteiger partial charge in [0.2, 0.25) is 0 Å². The molecule has 0 rings (SSSR count). The molecular formula is C8H13NO4. The van der Waals surface area contributed by atoms with Gasteiger partial charge in [0.25, 0.3) is 5.91 Å². The summed E-state index contributed by atoms with van der Waals surface area (Å²) in [4.78, 5) is 36.6. The van der Waals surface area contributed by atoms with E-state index in [0.29, 0.717) is 6.29 Å². The average molecular weight is 187 g/mol. The van der Waals surface area contributed by atoms with E-state index in [4.69, 9.17) is 0 Å². The number of amides is 1. The molecule has 13 heavy (non-hydrogen) atoms. The van der Waals surface area contributed by atoms with Gasteiger partial charge in [0.1, 0.15) is 12.3 Å². The normalized spacial score (nSPS) is 11.6. The second kappa shape index (κ2) is 5.29. The minimum atomic E-state index is -0.739. The van der Waals surface area contributed by atoms with Crippen molar-refractivity contribution in [3.63, 3.8) is 0 Å². The number of hydrogen-bond donors (Lipinski definition) is 0. The standard InChI is InChI=1S/C8H13NO4/c1-4-8(12)9(6(2)5-10)13-7(3)11/h5-6H,4H2,1-3H3. The van der Waals surface area contributed by atoms with Gasteiger partial charge < -0.3 is 9.63 Å². The minimum Gasteiger partial charge on any atom is -0.338 e. The van der Waals surface area contributed by atoms with Crippen LogP contribution < -0.4 is 0 Å². The van der Waals surface area contributed by atoms with Gasteiger partial charge in [-0.05, 0) is 6.92 Å². The average Bonchev–Trinajstić information content (AvgIpc) is 2.11. The summed E-state index contributed by atoms with van der Waals surface area (Å²) in [5.74, 6) is -1.01. The van der Waals surface area contributed by atoms with Crippen LogP contribution in [0.3, 0.4) is 0 Å². The first-order valence-corrected chi connectivity index (χ1v) is 3.98. The molecule has 0 aromatic carbocycles. The number of hydroxylamine groups is 2. The lowest BCUT2D eigenvalue weighted by Gasteiger charge is -2.22. The molecule has 0 aromatic rings. The van der Waals surface area contributed by atoms with Crippen LogP contribution >= 0.6 is 0 Å². The second-order valence-electron chi connectivity index (χ2n) is 2.53. The summed E-state index contributed by atoms with van der Waals surface area (Å²) >= 11 is 0. The van der Waals surface area contributed by atoms with Crippen molar-refractivity contribution in [2.45, 2.75) is 33.2 Å². The fourth-order valence-corrected chi connectivity index (χ4v) is 0.711. The zero-order valence-corrected chi connectivity index (χ0v) is 7.94. The Labute approximate surface area is 76.6 Å². The molecule has 74 valence electrons. The van der Waals surface area contributed by atoms with Gasteiger partial charge in [0.15, 0.2) is 0 Å². The SMILES string of the molecule is CCC(=O)N(OC(C)=O)C(C)C=O. The molecule has 1 atom stereocenters. The summed E-state index contributed by atoms with van der Waals surface area (Å²) in [7, 11) is 0. The maximum absolute atomic E-state index is 11.1. The summed E-state index contributed by atoms with van der Waals surface area (Å²) < 4.78 is 0. The van der Waals surface area contributed by atoms with Gasteiger partial charge in [0.05, 0.1) is 0 Å². The summed E-state index contributed by atoms with van der Waals surface area (Å²) in [5, 5.41) is 0.787.